The van der Waals surface area contributed by atoms with Gasteiger partial charge in [0.2, 0.25) is 0 Å². The van der Waals surface area contributed by atoms with Crippen LogP contribution < -0.4 is 5.32 Å². The van der Waals surface area contributed by atoms with Crippen molar-refractivity contribution in [2.45, 2.75) is 13.3 Å². The normalized spacial score (nSPS) is 9.50. The summed E-state index contributed by atoms with van der Waals surface area (Å²) in [4.78, 5) is 8.02. The smallest absolute Gasteiger partial charge is 0.146 e. The molecule has 0 unspecified atom stereocenters. The fraction of sp³-hybridized carbons (Fsp3) is 0.444. The maximum absolute atomic E-state index is 8.65. The van der Waals surface area contributed by atoms with Crippen molar-refractivity contribution in [1.82, 2.24) is 9.97 Å². The Hall–Kier alpha value is -1.67. The largest absolute Gasteiger partial charge is 0.396 e. The highest BCUT2D eigenvalue weighted by molar-refractivity contribution is 5.39. The number of rotatable bonds is 4. The predicted molar refractivity (Wildman–Crippen MR) is 51.7 cm³/mol. The van der Waals surface area contributed by atoms with E-state index in [0.29, 0.717) is 30.3 Å². The van der Waals surface area contributed by atoms with Gasteiger partial charge in [0.1, 0.15) is 23.4 Å². The van der Waals surface area contributed by atoms with Gasteiger partial charge >= 0.3 is 0 Å². The summed E-state index contributed by atoms with van der Waals surface area (Å²) in [6.07, 6.45) is 0.658. The van der Waals surface area contributed by atoms with Crippen LogP contribution in [-0.2, 0) is 0 Å². The number of aromatic nitrogens is 2. The van der Waals surface area contributed by atoms with E-state index >= 15 is 0 Å². The standard InChI is InChI=1S/C9H12N4O/c1-7-12-8(6-10)5-9(13-7)11-3-2-4-14/h5,14H,2-4H2,1H3,(H,11,12,13). The van der Waals surface area contributed by atoms with Gasteiger partial charge in [-0.2, -0.15) is 5.26 Å². The minimum Gasteiger partial charge on any atom is -0.396 e. The van der Waals surface area contributed by atoms with Crippen LogP contribution in [0.15, 0.2) is 6.07 Å². The number of hydrogen-bond donors (Lipinski definition) is 2. The maximum atomic E-state index is 8.65. The van der Waals surface area contributed by atoms with Gasteiger partial charge in [-0.1, -0.05) is 0 Å². The van der Waals surface area contributed by atoms with E-state index in [1.54, 1.807) is 13.0 Å². The Balaban J connectivity index is 2.68. The van der Waals surface area contributed by atoms with Gasteiger partial charge in [0.25, 0.3) is 0 Å². The Morgan fingerprint density at radius 1 is 1.57 bits per heavy atom. The Morgan fingerprint density at radius 3 is 3.00 bits per heavy atom. The first-order valence-corrected chi connectivity index (χ1v) is 4.37. The van der Waals surface area contributed by atoms with Gasteiger partial charge in [-0.05, 0) is 13.3 Å². The number of aryl methyl sites for hydroxylation is 1. The van der Waals surface area contributed by atoms with Gasteiger partial charge in [-0.3, -0.25) is 0 Å². The zero-order valence-electron chi connectivity index (χ0n) is 7.99. The van der Waals surface area contributed by atoms with Crippen LogP contribution in [0.5, 0.6) is 0 Å². The molecule has 0 spiro atoms. The molecule has 0 bridgehead atoms. The molecular weight excluding hydrogens is 180 g/mol. The zero-order valence-corrected chi connectivity index (χ0v) is 7.99. The van der Waals surface area contributed by atoms with E-state index in [1.807, 2.05) is 6.07 Å². The van der Waals surface area contributed by atoms with Crippen LogP contribution in [0, 0.1) is 18.3 Å². The SMILES string of the molecule is Cc1nc(C#N)cc(NCCCO)n1. The van der Waals surface area contributed by atoms with Gasteiger partial charge in [-0.15, -0.1) is 0 Å². The van der Waals surface area contributed by atoms with Crippen LogP contribution in [0.1, 0.15) is 17.9 Å². The first-order valence-electron chi connectivity index (χ1n) is 4.37. The van der Waals surface area contributed by atoms with E-state index in [0.717, 1.165) is 0 Å². The second kappa shape index (κ2) is 5.14. The van der Waals surface area contributed by atoms with Crippen molar-refractivity contribution in [3.8, 4) is 6.07 Å². The monoisotopic (exact) mass is 192 g/mol. The van der Waals surface area contributed by atoms with Crippen LogP contribution in [0.4, 0.5) is 5.82 Å². The molecule has 0 saturated carbocycles. The second-order valence-corrected chi connectivity index (χ2v) is 2.80. The van der Waals surface area contributed by atoms with Crippen molar-refractivity contribution >= 4 is 5.82 Å². The first kappa shape index (κ1) is 10.4. The summed E-state index contributed by atoms with van der Waals surface area (Å²) in [6, 6.07) is 3.55. The highest BCUT2D eigenvalue weighted by atomic mass is 16.3. The minimum absolute atomic E-state index is 0.141. The number of nitrogens with one attached hydrogen (secondary N) is 1. The van der Waals surface area contributed by atoms with Gasteiger partial charge in [0, 0.05) is 19.2 Å². The van der Waals surface area contributed by atoms with Crippen molar-refractivity contribution in [3.05, 3.63) is 17.6 Å². The molecule has 0 amide bonds. The number of hydrogen-bond acceptors (Lipinski definition) is 5. The summed E-state index contributed by atoms with van der Waals surface area (Å²) in [5.41, 5.74) is 0.351. The highest BCUT2D eigenvalue weighted by Gasteiger charge is 1.99. The highest BCUT2D eigenvalue weighted by Crippen LogP contribution is 2.05. The summed E-state index contributed by atoms with van der Waals surface area (Å²) in [7, 11) is 0. The molecule has 0 aliphatic carbocycles. The number of aliphatic hydroxyl groups excluding tert-OH is 1. The molecule has 0 saturated heterocycles. The minimum atomic E-state index is 0.141. The van der Waals surface area contributed by atoms with Crippen LogP contribution in [0.25, 0.3) is 0 Å². The number of aliphatic hydroxyl groups is 1. The molecule has 1 aromatic rings. The van der Waals surface area contributed by atoms with E-state index in [2.05, 4.69) is 15.3 Å². The fourth-order valence-corrected chi connectivity index (χ4v) is 1.01. The third-order valence-corrected chi connectivity index (χ3v) is 1.59. The van der Waals surface area contributed by atoms with E-state index < -0.39 is 0 Å². The van der Waals surface area contributed by atoms with Crippen molar-refractivity contribution in [2.24, 2.45) is 0 Å². The van der Waals surface area contributed by atoms with E-state index in [4.69, 9.17) is 10.4 Å². The van der Waals surface area contributed by atoms with Gasteiger partial charge < -0.3 is 10.4 Å². The lowest BCUT2D eigenvalue weighted by Gasteiger charge is -2.04. The Bertz CT molecular complexity index is 345. The Morgan fingerprint density at radius 2 is 2.36 bits per heavy atom. The van der Waals surface area contributed by atoms with Gasteiger partial charge in [-0.25, -0.2) is 9.97 Å². The lowest BCUT2D eigenvalue weighted by Crippen LogP contribution is -2.06. The molecule has 1 heterocycles. The molecule has 0 radical (unpaired) electrons. The van der Waals surface area contributed by atoms with E-state index in [-0.39, 0.29) is 6.61 Å². The summed E-state index contributed by atoms with van der Waals surface area (Å²) in [6.45, 7) is 2.51. The maximum Gasteiger partial charge on any atom is 0.146 e. The summed E-state index contributed by atoms with van der Waals surface area (Å²) in [5, 5.41) is 20.2. The molecule has 74 valence electrons. The summed E-state index contributed by atoms with van der Waals surface area (Å²) < 4.78 is 0. The number of anilines is 1. The lowest BCUT2D eigenvalue weighted by molar-refractivity contribution is 0.292. The Kier molecular flexibility index (Phi) is 3.83. The van der Waals surface area contributed by atoms with E-state index in [1.165, 1.54) is 0 Å². The van der Waals surface area contributed by atoms with Crippen LogP contribution in [0.2, 0.25) is 0 Å². The molecular formula is C9H12N4O. The molecule has 2 N–H and O–H groups in total. The average Bonchev–Trinajstić information content (AvgIpc) is 2.17. The van der Waals surface area contributed by atoms with Gasteiger partial charge in [0.15, 0.2) is 0 Å². The third kappa shape index (κ3) is 2.99. The first-order chi connectivity index (χ1) is 6.76. The second-order valence-electron chi connectivity index (χ2n) is 2.80. The molecule has 1 rings (SSSR count). The van der Waals surface area contributed by atoms with Crippen molar-refractivity contribution < 1.29 is 5.11 Å². The van der Waals surface area contributed by atoms with Crippen LogP contribution >= 0.6 is 0 Å². The van der Waals surface area contributed by atoms with Crippen molar-refractivity contribution in [1.29, 1.82) is 5.26 Å². The molecule has 0 aliphatic rings. The lowest BCUT2D eigenvalue weighted by atomic mass is 10.4. The summed E-state index contributed by atoms with van der Waals surface area (Å²) in [5.74, 6) is 1.19. The van der Waals surface area contributed by atoms with E-state index in [9.17, 15) is 0 Å². The summed E-state index contributed by atoms with van der Waals surface area (Å²) >= 11 is 0. The molecule has 5 heteroatoms. The van der Waals surface area contributed by atoms with Crippen LogP contribution in [-0.4, -0.2) is 28.2 Å². The molecule has 0 fully saturated rings. The molecule has 5 nitrogen and oxygen atoms in total. The number of nitrogens with zero attached hydrogens (tertiary/aromatic N) is 3. The van der Waals surface area contributed by atoms with Crippen LogP contribution in [0.3, 0.4) is 0 Å². The third-order valence-electron chi connectivity index (χ3n) is 1.59. The molecule has 0 aliphatic heterocycles. The molecule has 1 aromatic heterocycles. The van der Waals surface area contributed by atoms with Gasteiger partial charge in [0.05, 0.1) is 0 Å². The Labute approximate surface area is 82.4 Å². The molecule has 0 aromatic carbocycles. The number of nitriles is 1. The van der Waals surface area contributed by atoms with Crippen molar-refractivity contribution in [3.63, 3.8) is 0 Å². The van der Waals surface area contributed by atoms with Crippen molar-refractivity contribution in [2.75, 3.05) is 18.5 Å². The topological polar surface area (TPSA) is 81.8 Å². The fourth-order valence-electron chi connectivity index (χ4n) is 1.01. The average molecular weight is 192 g/mol. The quantitative estimate of drug-likeness (QED) is 0.677. The zero-order chi connectivity index (χ0) is 10.4. The predicted octanol–water partition coefficient (Wildman–Crippen LogP) is 0.451. The molecule has 0 atom stereocenters. The molecule has 14 heavy (non-hydrogen) atoms.